The largest absolute Gasteiger partial charge is 0.507 e. The predicted octanol–water partition coefficient (Wildman–Crippen LogP) is 6.83. The minimum Gasteiger partial charge on any atom is -0.507 e. The van der Waals surface area contributed by atoms with Crippen LogP contribution in [0.3, 0.4) is 0 Å². The molecule has 3 aromatic carbocycles. The van der Waals surface area contributed by atoms with Crippen molar-refractivity contribution in [3.8, 4) is 27.7 Å². The molecule has 300 valence electrons. The first-order valence-electron chi connectivity index (χ1n) is 19.1. The van der Waals surface area contributed by atoms with Gasteiger partial charge >= 0.3 is 23.9 Å². The van der Waals surface area contributed by atoms with Gasteiger partial charge in [0.05, 0.1) is 0 Å². The fraction of sp³-hybridized carbons (Fsp3) is 0.429. The summed E-state index contributed by atoms with van der Waals surface area (Å²) in [5, 5.41) is 41.5. The molecule has 2 atom stereocenters. The molecule has 3 heterocycles. The van der Waals surface area contributed by atoms with E-state index in [-0.39, 0.29) is 6.10 Å². The molecule has 1 saturated carbocycles. The van der Waals surface area contributed by atoms with Crippen LogP contribution in [0.15, 0.2) is 66.7 Å². The van der Waals surface area contributed by atoms with E-state index in [0.717, 1.165) is 53.1 Å². The molecule has 0 bridgehead atoms. The van der Waals surface area contributed by atoms with Crippen LogP contribution >= 0.6 is 11.3 Å². The number of phenolic OH excluding ortho intramolecular Hbond substituents is 1. The molecular formula is C42H50N2O11S. The first-order valence-corrected chi connectivity index (χ1v) is 19.9. The van der Waals surface area contributed by atoms with E-state index in [0.29, 0.717) is 11.8 Å². The van der Waals surface area contributed by atoms with Crippen molar-refractivity contribution in [2.24, 2.45) is 0 Å². The highest BCUT2D eigenvalue weighted by Gasteiger charge is 2.32. The Morgan fingerprint density at radius 1 is 0.679 bits per heavy atom. The van der Waals surface area contributed by atoms with E-state index in [1.54, 1.807) is 17.4 Å². The van der Waals surface area contributed by atoms with Crippen LogP contribution in [0.5, 0.6) is 17.2 Å². The Hall–Kier alpha value is -5.18. The Balaban J connectivity index is 0.000000437. The van der Waals surface area contributed by atoms with Gasteiger partial charge in [-0.1, -0.05) is 31.0 Å². The van der Waals surface area contributed by atoms with Crippen molar-refractivity contribution < 1.29 is 54.2 Å². The average molecular weight is 791 g/mol. The predicted molar refractivity (Wildman–Crippen MR) is 212 cm³/mol. The molecule has 4 aromatic rings. The van der Waals surface area contributed by atoms with Crippen LogP contribution in [0.2, 0.25) is 0 Å². The lowest BCUT2D eigenvalue weighted by atomic mass is 9.90. The number of carbonyl (C=O) groups is 4. The van der Waals surface area contributed by atoms with Crippen molar-refractivity contribution in [2.75, 3.05) is 39.3 Å². The van der Waals surface area contributed by atoms with Gasteiger partial charge in [0.15, 0.2) is 0 Å². The molecule has 7 rings (SSSR count). The molecule has 2 saturated heterocycles. The lowest BCUT2D eigenvalue weighted by Crippen LogP contribution is -2.49. The second-order valence-electron chi connectivity index (χ2n) is 14.1. The van der Waals surface area contributed by atoms with Crippen molar-refractivity contribution in [1.82, 2.24) is 9.80 Å². The number of hydrogen-bond donors (Lipinski definition) is 5. The number of aromatic hydroxyl groups is 1. The zero-order valence-corrected chi connectivity index (χ0v) is 32.1. The number of carboxylic acid groups (broad SMARTS) is 4. The maximum atomic E-state index is 10.9. The number of piperidine rings is 1. The Bertz CT molecular complexity index is 1870. The van der Waals surface area contributed by atoms with Crippen LogP contribution in [0.1, 0.15) is 68.9 Å². The van der Waals surface area contributed by atoms with Gasteiger partial charge in [0.25, 0.3) is 0 Å². The standard InChI is InChI=1S/C38H46N2O3S.2C2H2O4/c41-34-10-8-12-36-37(34)32(38(44-36)29-15-19-30(20-16-29)42-26-25-39-21-6-7-22-39)27-28-13-17-31(18-14-28)43-35-11-3-2-9-33(35)40-23-4-1-5-24-40;2*3-1(4)2(5)6/h8,10,12-20,33,35,41H,1-7,9,11,21-27H2;2*(H,3,4)(H,5,6)/t33-,35-;;/m1../s1. The highest BCUT2D eigenvalue weighted by molar-refractivity contribution is 7.22. The van der Waals surface area contributed by atoms with Gasteiger partial charge in [0.1, 0.15) is 30.0 Å². The smallest absolute Gasteiger partial charge is 0.414 e. The molecule has 3 fully saturated rings. The van der Waals surface area contributed by atoms with E-state index in [4.69, 9.17) is 49.1 Å². The number of fused-ring (bicyclic) bond motifs is 1. The number of aliphatic carboxylic acids is 4. The number of hydrogen-bond acceptors (Lipinski definition) is 10. The topological polar surface area (TPSA) is 194 Å². The van der Waals surface area contributed by atoms with Crippen molar-refractivity contribution in [1.29, 1.82) is 0 Å². The molecule has 3 aliphatic rings. The first-order chi connectivity index (χ1) is 27.0. The number of phenols is 1. The number of likely N-dealkylation sites (tertiary alicyclic amines) is 2. The van der Waals surface area contributed by atoms with E-state index < -0.39 is 23.9 Å². The third-order valence-corrected chi connectivity index (χ3v) is 11.5. The summed E-state index contributed by atoms with van der Waals surface area (Å²) >= 11 is 1.75. The van der Waals surface area contributed by atoms with Crippen LogP contribution in [0.4, 0.5) is 0 Å². The highest BCUT2D eigenvalue weighted by atomic mass is 32.1. The second-order valence-corrected chi connectivity index (χ2v) is 15.2. The zero-order valence-electron chi connectivity index (χ0n) is 31.3. The van der Waals surface area contributed by atoms with Gasteiger partial charge in [0.2, 0.25) is 0 Å². The second kappa shape index (κ2) is 20.7. The zero-order chi connectivity index (χ0) is 40.0. The van der Waals surface area contributed by atoms with Crippen LogP contribution < -0.4 is 9.47 Å². The minimum atomic E-state index is -1.82. The summed E-state index contributed by atoms with van der Waals surface area (Å²) in [6.07, 6.45) is 12.6. The SMILES string of the molecule is O=C(O)C(=O)O.O=C(O)C(=O)O.Oc1cccc2sc(-c3ccc(OCCN4CCCC4)cc3)c(Cc3ccc(O[C@@H]4CCCC[C@H]4N4CCCCC4)cc3)c12. The lowest BCUT2D eigenvalue weighted by molar-refractivity contribution is -0.159. The van der Waals surface area contributed by atoms with Gasteiger partial charge in [-0.2, -0.15) is 0 Å². The third-order valence-electron chi connectivity index (χ3n) is 10.3. The van der Waals surface area contributed by atoms with Gasteiger partial charge in [0, 0.05) is 27.5 Å². The van der Waals surface area contributed by atoms with Crippen molar-refractivity contribution in [3.05, 3.63) is 77.9 Å². The number of carboxylic acids is 4. The molecular weight excluding hydrogens is 741 g/mol. The van der Waals surface area contributed by atoms with Gasteiger partial charge in [-0.05, 0) is 143 Å². The van der Waals surface area contributed by atoms with Gasteiger partial charge in [-0.3, -0.25) is 9.80 Å². The molecule has 2 aliphatic heterocycles. The summed E-state index contributed by atoms with van der Waals surface area (Å²) in [4.78, 5) is 42.8. The van der Waals surface area contributed by atoms with Gasteiger partial charge < -0.3 is 35.0 Å². The number of nitrogens with zero attached hydrogens (tertiary/aromatic N) is 2. The van der Waals surface area contributed by atoms with Crippen LogP contribution in [-0.4, -0.2) is 111 Å². The quantitative estimate of drug-likeness (QED) is 0.105. The van der Waals surface area contributed by atoms with Gasteiger partial charge in [-0.15, -0.1) is 11.3 Å². The normalized spacial score (nSPS) is 18.5. The van der Waals surface area contributed by atoms with Gasteiger partial charge in [-0.25, -0.2) is 19.2 Å². The molecule has 0 amide bonds. The Morgan fingerprint density at radius 3 is 1.89 bits per heavy atom. The highest BCUT2D eigenvalue weighted by Crippen LogP contribution is 2.44. The summed E-state index contributed by atoms with van der Waals surface area (Å²) < 4.78 is 13.9. The number of rotatable bonds is 10. The van der Waals surface area contributed by atoms with Crippen molar-refractivity contribution >= 4 is 45.3 Å². The fourth-order valence-electron chi connectivity index (χ4n) is 7.54. The molecule has 0 unspecified atom stereocenters. The molecule has 5 N–H and O–H groups in total. The summed E-state index contributed by atoms with van der Waals surface area (Å²) in [5.74, 6) is -5.06. The van der Waals surface area contributed by atoms with E-state index in [9.17, 15) is 5.11 Å². The monoisotopic (exact) mass is 790 g/mol. The maximum Gasteiger partial charge on any atom is 0.414 e. The van der Waals surface area contributed by atoms with Crippen LogP contribution in [0.25, 0.3) is 20.5 Å². The molecule has 14 heteroatoms. The van der Waals surface area contributed by atoms with Crippen LogP contribution in [-0.2, 0) is 25.6 Å². The molecule has 0 radical (unpaired) electrons. The Kier molecular flexibility index (Phi) is 15.5. The molecule has 0 spiro atoms. The third kappa shape index (κ3) is 11.9. The number of thiophene rings is 1. The molecule has 56 heavy (non-hydrogen) atoms. The number of ether oxygens (including phenoxy) is 2. The molecule has 1 aromatic heterocycles. The van der Waals surface area contributed by atoms with E-state index >= 15 is 0 Å². The molecule has 1 aliphatic carbocycles. The van der Waals surface area contributed by atoms with E-state index in [1.165, 1.54) is 93.5 Å². The van der Waals surface area contributed by atoms with Crippen molar-refractivity contribution in [2.45, 2.75) is 76.4 Å². The summed E-state index contributed by atoms with van der Waals surface area (Å²) in [6, 6.07) is 23.6. The van der Waals surface area contributed by atoms with E-state index in [2.05, 4.69) is 64.4 Å². The summed E-state index contributed by atoms with van der Waals surface area (Å²) in [5.41, 5.74) is 3.56. The number of benzene rings is 3. The van der Waals surface area contributed by atoms with E-state index in [1.807, 2.05) is 6.07 Å². The first kappa shape index (κ1) is 42.0. The summed E-state index contributed by atoms with van der Waals surface area (Å²) in [7, 11) is 0. The van der Waals surface area contributed by atoms with Crippen LogP contribution in [0, 0.1) is 0 Å². The molecule has 13 nitrogen and oxygen atoms in total. The maximum absolute atomic E-state index is 10.9. The lowest BCUT2D eigenvalue weighted by Gasteiger charge is -2.41. The Morgan fingerprint density at radius 2 is 1.27 bits per heavy atom. The Labute approximate surface area is 329 Å². The average Bonchev–Trinajstić information content (AvgIpc) is 3.86. The minimum absolute atomic E-state index is 0.282. The fourth-order valence-corrected chi connectivity index (χ4v) is 8.79. The van der Waals surface area contributed by atoms with Crippen molar-refractivity contribution in [3.63, 3.8) is 0 Å². The summed E-state index contributed by atoms with van der Waals surface area (Å²) in [6.45, 7) is 6.55.